The van der Waals surface area contributed by atoms with Gasteiger partial charge in [0.25, 0.3) is 0 Å². The van der Waals surface area contributed by atoms with E-state index in [2.05, 4.69) is 15.6 Å². The summed E-state index contributed by atoms with van der Waals surface area (Å²) in [7, 11) is 0. The maximum atomic E-state index is 9.89. The third-order valence-corrected chi connectivity index (χ3v) is 3.58. The maximum absolute atomic E-state index is 9.89. The number of nitrogens with one attached hydrogen (secondary N) is 1. The highest BCUT2D eigenvalue weighted by Crippen LogP contribution is 2.18. The molecule has 1 fully saturated rings. The fourth-order valence-electron chi connectivity index (χ4n) is 2.39. The molecule has 0 radical (unpaired) electrons. The molecule has 1 saturated heterocycles. The van der Waals surface area contributed by atoms with E-state index < -0.39 is 30.4 Å². The topological polar surface area (TPSA) is 124 Å². The lowest BCUT2D eigenvalue weighted by Gasteiger charge is -2.16. The van der Waals surface area contributed by atoms with Gasteiger partial charge in [0.2, 0.25) is 0 Å². The molecule has 2 heterocycles. The fraction of sp³-hybridized carbons (Fsp3) is 0.818. The highest BCUT2D eigenvalue weighted by molar-refractivity contribution is 5.11. The minimum absolute atomic E-state index is 0.246. The van der Waals surface area contributed by atoms with Crippen LogP contribution in [0.25, 0.3) is 0 Å². The van der Waals surface area contributed by atoms with Crippen molar-refractivity contribution in [3.63, 3.8) is 0 Å². The summed E-state index contributed by atoms with van der Waals surface area (Å²) in [5.41, 5.74) is 1.21. The highest BCUT2D eigenvalue weighted by Gasteiger charge is 2.40. The van der Waals surface area contributed by atoms with Gasteiger partial charge >= 0.3 is 0 Å². The molecule has 1 aliphatic rings. The third-order valence-electron chi connectivity index (χ3n) is 3.58. The molecule has 19 heavy (non-hydrogen) atoms. The Hall–Kier alpha value is -1.06. The van der Waals surface area contributed by atoms with E-state index >= 15 is 0 Å². The molecule has 0 spiro atoms. The number of hydrogen-bond donors (Lipinski definition) is 5. The van der Waals surface area contributed by atoms with Crippen molar-refractivity contribution in [3.8, 4) is 0 Å². The van der Waals surface area contributed by atoms with Crippen molar-refractivity contribution in [2.45, 2.75) is 50.8 Å². The summed E-state index contributed by atoms with van der Waals surface area (Å²) in [6, 6.07) is -0.963. The van der Waals surface area contributed by atoms with Crippen molar-refractivity contribution in [2.75, 3.05) is 6.61 Å². The van der Waals surface area contributed by atoms with Crippen LogP contribution in [0.2, 0.25) is 0 Å². The van der Waals surface area contributed by atoms with Crippen molar-refractivity contribution >= 4 is 0 Å². The molecule has 1 unspecified atom stereocenters. The average molecular weight is 272 g/mol. The summed E-state index contributed by atoms with van der Waals surface area (Å²) in [5.74, 6) is 0. The van der Waals surface area contributed by atoms with E-state index in [-0.39, 0.29) is 6.61 Å². The molecule has 1 aromatic rings. The van der Waals surface area contributed by atoms with Gasteiger partial charge in [-0.1, -0.05) is 5.21 Å². The molecule has 1 aromatic heterocycles. The number of hydrogen-bond acceptors (Lipinski definition) is 7. The summed E-state index contributed by atoms with van der Waals surface area (Å²) in [6.07, 6.45) is -2.68. The minimum Gasteiger partial charge on any atom is -0.395 e. The van der Waals surface area contributed by atoms with Gasteiger partial charge in [0.15, 0.2) is 0 Å². The Morgan fingerprint density at radius 2 is 1.95 bits per heavy atom. The Kier molecular flexibility index (Phi) is 4.16. The van der Waals surface area contributed by atoms with Gasteiger partial charge in [-0.2, -0.15) is 0 Å². The van der Waals surface area contributed by atoms with Gasteiger partial charge in [-0.15, -0.1) is 5.10 Å². The molecular weight excluding hydrogens is 252 g/mol. The van der Waals surface area contributed by atoms with E-state index in [0.717, 1.165) is 0 Å². The third kappa shape index (κ3) is 2.63. The van der Waals surface area contributed by atoms with E-state index in [1.807, 2.05) is 0 Å². The van der Waals surface area contributed by atoms with Gasteiger partial charge in [-0.25, -0.2) is 4.68 Å². The van der Waals surface area contributed by atoms with Crippen LogP contribution < -0.4 is 5.32 Å². The molecular formula is C11H20N4O4. The molecule has 0 saturated carbocycles. The van der Waals surface area contributed by atoms with Gasteiger partial charge in [-0.05, 0) is 13.8 Å². The Morgan fingerprint density at radius 1 is 1.32 bits per heavy atom. The monoisotopic (exact) mass is 272 g/mol. The molecule has 2 rings (SSSR count). The largest absolute Gasteiger partial charge is 0.395 e. The van der Waals surface area contributed by atoms with Crippen LogP contribution in [0.1, 0.15) is 24.4 Å². The minimum atomic E-state index is -1.00. The highest BCUT2D eigenvalue weighted by atomic mass is 16.3. The summed E-state index contributed by atoms with van der Waals surface area (Å²) < 4.78 is 1.56. The lowest BCUT2D eigenvalue weighted by Crippen LogP contribution is -2.38. The molecule has 0 bridgehead atoms. The Morgan fingerprint density at radius 3 is 2.42 bits per heavy atom. The predicted octanol–water partition coefficient (Wildman–Crippen LogP) is -2.31. The number of aliphatic hydroxyl groups is 4. The first kappa shape index (κ1) is 14.4. The van der Waals surface area contributed by atoms with Gasteiger partial charge < -0.3 is 25.7 Å². The van der Waals surface area contributed by atoms with Crippen LogP contribution in [0.3, 0.4) is 0 Å². The average Bonchev–Trinajstić information content (AvgIpc) is 2.85. The van der Waals surface area contributed by atoms with Crippen molar-refractivity contribution in [1.29, 1.82) is 0 Å². The summed E-state index contributed by atoms with van der Waals surface area (Å²) >= 11 is 0. The SMILES string of the molecule is Cc1c(C(C)O)nnn1C[C@H]1N[C@H](CO)[C@@H](O)[C@@H]1O. The summed E-state index contributed by atoms with van der Waals surface area (Å²) in [4.78, 5) is 0. The van der Waals surface area contributed by atoms with Crippen molar-refractivity contribution in [1.82, 2.24) is 20.3 Å². The van der Waals surface area contributed by atoms with E-state index in [9.17, 15) is 15.3 Å². The lowest BCUT2D eigenvalue weighted by atomic mass is 10.1. The first-order valence-corrected chi connectivity index (χ1v) is 6.26. The molecule has 0 aliphatic carbocycles. The second kappa shape index (κ2) is 5.51. The number of aromatic nitrogens is 3. The Labute approximate surface area is 110 Å². The van der Waals surface area contributed by atoms with Crippen LogP contribution in [0, 0.1) is 6.92 Å². The second-order valence-electron chi connectivity index (χ2n) is 4.96. The predicted molar refractivity (Wildman–Crippen MR) is 65.2 cm³/mol. The molecule has 1 aliphatic heterocycles. The zero-order chi connectivity index (χ0) is 14.2. The van der Waals surface area contributed by atoms with E-state index in [1.165, 1.54) is 0 Å². The summed E-state index contributed by atoms with van der Waals surface area (Å²) in [5, 5.41) is 48.9. The molecule has 0 amide bonds. The van der Waals surface area contributed by atoms with Crippen molar-refractivity contribution < 1.29 is 20.4 Å². The van der Waals surface area contributed by atoms with Gasteiger partial charge in [0.05, 0.1) is 49.2 Å². The standard InChI is InChI=1S/C11H20N4O4/c1-5-9(6(2)17)13-14-15(5)3-7-10(18)11(19)8(4-16)12-7/h6-8,10-12,16-19H,3-4H2,1-2H3/t6?,7-,8-,10-,11-/m1/s1. The second-order valence-corrected chi connectivity index (χ2v) is 4.96. The van der Waals surface area contributed by atoms with Crippen molar-refractivity contribution in [3.05, 3.63) is 11.4 Å². The van der Waals surface area contributed by atoms with Crippen molar-refractivity contribution in [2.24, 2.45) is 0 Å². The Balaban J connectivity index is 2.10. The van der Waals surface area contributed by atoms with Crippen LogP contribution in [0.4, 0.5) is 0 Å². The normalized spacial score (nSPS) is 32.7. The fourth-order valence-corrected chi connectivity index (χ4v) is 2.39. The first-order chi connectivity index (χ1) is 8.95. The van der Waals surface area contributed by atoms with Crippen LogP contribution in [-0.4, -0.2) is 66.3 Å². The number of nitrogens with zero attached hydrogens (tertiary/aromatic N) is 3. The molecule has 5 N–H and O–H groups in total. The van der Waals surface area contributed by atoms with Crippen LogP contribution in [0.5, 0.6) is 0 Å². The zero-order valence-electron chi connectivity index (χ0n) is 10.9. The molecule has 5 atom stereocenters. The Bertz CT molecular complexity index is 436. The first-order valence-electron chi connectivity index (χ1n) is 6.26. The quantitative estimate of drug-likeness (QED) is 0.417. The van der Waals surface area contributed by atoms with Gasteiger partial charge in [-0.3, -0.25) is 0 Å². The molecule has 108 valence electrons. The lowest BCUT2D eigenvalue weighted by molar-refractivity contribution is 0.0174. The van der Waals surface area contributed by atoms with E-state index in [1.54, 1.807) is 18.5 Å². The molecule has 0 aromatic carbocycles. The summed E-state index contributed by atoms with van der Waals surface area (Å²) in [6.45, 7) is 3.45. The number of rotatable bonds is 4. The maximum Gasteiger partial charge on any atom is 0.114 e. The van der Waals surface area contributed by atoms with Crippen LogP contribution in [-0.2, 0) is 6.54 Å². The van der Waals surface area contributed by atoms with Crippen LogP contribution in [0.15, 0.2) is 0 Å². The smallest absolute Gasteiger partial charge is 0.114 e. The zero-order valence-corrected chi connectivity index (χ0v) is 10.9. The molecule has 8 heteroatoms. The molecule has 8 nitrogen and oxygen atoms in total. The van der Waals surface area contributed by atoms with Gasteiger partial charge in [0, 0.05) is 0 Å². The number of aliphatic hydroxyl groups excluding tert-OH is 4. The van der Waals surface area contributed by atoms with E-state index in [4.69, 9.17) is 5.11 Å². The van der Waals surface area contributed by atoms with Gasteiger partial charge in [0.1, 0.15) is 5.69 Å². The van der Waals surface area contributed by atoms with E-state index in [0.29, 0.717) is 17.9 Å². The van der Waals surface area contributed by atoms with Crippen LogP contribution >= 0.6 is 0 Å².